The predicted octanol–water partition coefficient (Wildman–Crippen LogP) is 10.8. The van der Waals surface area contributed by atoms with Crippen LogP contribution in [0, 0.1) is 0 Å². The van der Waals surface area contributed by atoms with Crippen molar-refractivity contribution in [3.8, 4) is 28.1 Å². The molecule has 3 aromatic heterocycles. The van der Waals surface area contributed by atoms with Crippen molar-refractivity contribution in [1.29, 1.82) is 0 Å². The molecule has 0 amide bonds. The van der Waals surface area contributed by atoms with Crippen LogP contribution in [0.25, 0.3) is 71.8 Å². The number of furan rings is 1. The average molecular weight is 745 g/mol. The number of hydrogen-bond donors (Lipinski definition) is 0. The van der Waals surface area contributed by atoms with Gasteiger partial charge in [-0.2, -0.15) is 0 Å². The van der Waals surface area contributed by atoms with E-state index in [1.165, 1.54) is 42.6 Å². The van der Waals surface area contributed by atoms with Gasteiger partial charge in [0.05, 0.1) is 16.7 Å². The Kier molecular flexibility index (Phi) is 7.83. The lowest BCUT2D eigenvalue weighted by Crippen LogP contribution is -2.74. The minimum absolute atomic E-state index is 0.790. The Morgan fingerprint density at radius 2 is 0.895 bits per heavy atom. The third-order valence-electron chi connectivity index (χ3n) is 11.6. The molecule has 3 nitrogen and oxygen atoms in total. The lowest BCUT2D eigenvalue weighted by Gasteiger charge is -2.34. The molecule has 57 heavy (non-hydrogen) atoms. The van der Waals surface area contributed by atoms with Crippen molar-refractivity contribution < 1.29 is 4.42 Å². The SMILES string of the molecule is c1ccc([Si](c2ccccc2)(c2ccccc2)c2ccc3oc4c(-c5ccccc5-c5ccccc5-n5c6ccccc6c6ccccc65)nccc4c3c2)cc1. The van der Waals surface area contributed by atoms with Gasteiger partial charge in [-0.3, -0.25) is 4.98 Å². The minimum Gasteiger partial charge on any atom is -0.454 e. The highest BCUT2D eigenvalue weighted by Crippen LogP contribution is 2.42. The van der Waals surface area contributed by atoms with E-state index in [1.807, 2.05) is 6.20 Å². The second-order valence-corrected chi connectivity index (χ2v) is 18.4. The number of benzene rings is 8. The topological polar surface area (TPSA) is 31.0 Å². The summed E-state index contributed by atoms with van der Waals surface area (Å²) in [6.07, 6.45) is 1.94. The molecule has 0 saturated carbocycles. The zero-order valence-corrected chi connectivity index (χ0v) is 32.1. The zero-order chi connectivity index (χ0) is 37.8. The molecule has 0 bridgehead atoms. The summed E-state index contributed by atoms with van der Waals surface area (Å²) in [7, 11) is -2.74. The molecule has 268 valence electrons. The zero-order valence-electron chi connectivity index (χ0n) is 31.1. The van der Waals surface area contributed by atoms with Gasteiger partial charge in [-0.15, -0.1) is 0 Å². The van der Waals surface area contributed by atoms with Crippen LogP contribution in [0.4, 0.5) is 0 Å². The van der Waals surface area contributed by atoms with Crippen molar-refractivity contribution in [3.05, 3.63) is 219 Å². The Labute approximate surface area is 331 Å². The van der Waals surface area contributed by atoms with Gasteiger partial charge in [-0.05, 0) is 56.6 Å². The van der Waals surface area contributed by atoms with Crippen LogP contribution in [-0.4, -0.2) is 17.6 Å². The van der Waals surface area contributed by atoms with Crippen LogP contribution in [0.3, 0.4) is 0 Å². The summed E-state index contributed by atoms with van der Waals surface area (Å²) in [4.78, 5) is 5.07. The quantitative estimate of drug-likeness (QED) is 0.120. The molecule has 0 spiro atoms. The lowest BCUT2D eigenvalue weighted by atomic mass is 9.95. The van der Waals surface area contributed by atoms with Gasteiger partial charge in [0, 0.05) is 38.9 Å². The van der Waals surface area contributed by atoms with Crippen molar-refractivity contribution in [3.63, 3.8) is 0 Å². The van der Waals surface area contributed by atoms with Gasteiger partial charge in [0.1, 0.15) is 11.3 Å². The number of aromatic nitrogens is 2. The molecule has 0 fully saturated rings. The van der Waals surface area contributed by atoms with Crippen LogP contribution in [0.1, 0.15) is 0 Å². The van der Waals surface area contributed by atoms with Gasteiger partial charge < -0.3 is 8.98 Å². The first kappa shape index (κ1) is 33.1. The largest absolute Gasteiger partial charge is 0.454 e. The van der Waals surface area contributed by atoms with Gasteiger partial charge in [0.2, 0.25) is 0 Å². The van der Waals surface area contributed by atoms with Crippen molar-refractivity contribution in [2.24, 2.45) is 0 Å². The highest BCUT2D eigenvalue weighted by atomic mass is 28.3. The molecule has 0 aliphatic carbocycles. The summed E-state index contributed by atoms with van der Waals surface area (Å²) in [5, 5.41) is 9.95. The molecule has 0 N–H and O–H groups in total. The summed E-state index contributed by atoms with van der Waals surface area (Å²) >= 11 is 0. The summed E-state index contributed by atoms with van der Waals surface area (Å²) in [6, 6.07) is 76.8. The van der Waals surface area contributed by atoms with Crippen LogP contribution in [-0.2, 0) is 0 Å². The van der Waals surface area contributed by atoms with Crippen LogP contribution < -0.4 is 20.7 Å². The van der Waals surface area contributed by atoms with E-state index in [4.69, 9.17) is 9.40 Å². The molecular formula is C53H36N2OSi. The maximum Gasteiger partial charge on any atom is 0.179 e. The number of pyridine rings is 1. The van der Waals surface area contributed by atoms with Gasteiger partial charge >= 0.3 is 0 Å². The molecule has 0 unspecified atom stereocenters. The second-order valence-electron chi connectivity index (χ2n) is 14.6. The van der Waals surface area contributed by atoms with Crippen LogP contribution >= 0.6 is 0 Å². The third kappa shape index (κ3) is 5.15. The Morgan fingerprint density at radius 3 is 1.51 bits per heavy atom. The Bertz CT molecular complexity index is 3090. The average Bonchev–Trinajstić information content (AvgIpc) is 3.84. The monoisotopic (exact) mass is 744 g/mol. The molecule has 11 aromatic rings. The number of para-hydroxylation sites is 3. The number of rotatable bonds is 7. The van der Waals surface area contributed by atoms with E-state index < -0.39 is 8.07 Å². The Hall–Kier alpha value is -7.27. The highest BCUT2D eigenvalue weighted by molar-refractivity contribution is 7.20. The van der Waals surface area contributed by atoms with Crippen molar-refractivity contribution in [2.45, 2.75) is 0 Å². The van der Waals surface area contributed by atoms with Crippen molar-refractivity contribution in [1.82, 2.24) is 9.55 Å². The van der Waals surface area contributed by atoms with E-state index in [2.05, 4.69) is 217 Å². The summed E-state index contributed by atoms with van der Waals surface area (Å²) in [6.45, 7) is 0. The molecule has 0 aliphatic rings. The predicted molar refractivity (Wildman–Crippen MR) is 240 cm³/mol. The van der Waals surface area contributed by atoms with Gasteiger partial charge in [-0.25, -0.2) is 0 Å². The van der Waals surface area contributed by atoms with E-state index in [0.29, 0.717) is 0 Å². The first-order valence-corrected chi connectivity index (χ1v) is 21.5. The van der Waals surface area contributed by atoms with Crippen molar-refractivity contribution >= 4 is 72.6 Å². The van der Waals surface area contributed by atoms with Gasteiger partial charge in [-0.1, -0.05) is 182 Å². The smallest absolute Gasteiger partial charge is 0.179 e. The number of nitrogens with zero attached hydrogens (tertiary/aromatic N) is 2. The fourth-order valence-electron chi connectivity index (χ4n) is 9.20. The molecule has 8 aromatic carbocycles. The fourth-order valence-corrected chi connectivity index (χ4v) is 14.0. The van der Waals surface area contributed by atoms with Crippen molar-refractivity contribution in [2.75, 3.05) is 0 Å². The van der Waals surface area contributed by atoms with Gasteiger partial charge in [0.15, 0.2) is 13.7 Å². The molecule has 4 heteroatoms. The van der Waals surface area contributed by atoms with E-state index in [1.54, 1.807) is 0 Å². The second kappa shape index (κ2) is 13.5. The van der Waals surface area contributed by atoms with Crippen LogP contribution in [0.2, 0.25) is 0 Å². The first-order valence-electron chi connectivity index (χ1n) is 19.5. The maximum absolute atomic E-state index is 6.88. The fraction of sp³-hybridized carbons (Fsp3) is 0. The van der Waals surface area contributed by atoms with E-state index in [-0.39, 0.29) is 0 Å². The molecule has 11 rings (SSSR count). The van der Waals surface area contributed by atoms with Crippen LogP contribution in [0.15, 0.2) is 223 Å². The number of hydrogen-bond acceptors (Lipinski definition) is 2. The first-order chi connectivity index (χ1) is 28.3. The highest BCUT2D eigenvalue weighted by Gasteiger charge is 2.41. The normalized spacial score (nSPS) is 11.9. The Balaban J connectivity index is 1.13. The number of fused-ring (bicyclic) bond motifs is 6. The van der Waals surface area contributed by atoms with Gasteiger partial charge in [0.25, 0.3) is 0 Å². The van der Waals surface area contributed by atoms with Crippen LogP contribution in [0.5, 0.6) is 0 Å². The summed E-state index contributed by atoms with van der Waals surface area (Å²) in [5.41, 5.74) is 9.19. The Morgan fingerprint density at radius 1 is 0.386 bits per heavy atom. The molecule has 0 atom stereocenters. The minimum atomic E-state index is -2.74. The molecule has 3 heterocycles. The standard InChI is InChI=1S/C53H36N2OSi/c1-4-18-37(19-5-1)57(38-20-6-2-7-21-38,39-22-8-3-9-23-39)40-32-33-51-47(36-40)46-34-35-54-52(53(46)56-51)45-28-11-10-24-41(45)42-25-12-15-29-48(42)55-49-30-16-13-26-43(49)44-27-14-17-31-50(44)55/h1-36H. The third-order valence-corrected chi connectivity index (χ3v) is 16.4. The van der Waals surface area contributed by atoms with E-state index in [9.17, 15) is 0 Å². The maximum atomic E-state index is 6.88. The van der Waals surface area contributed by atoms with E-state index >= 15 is 0 Å². The summed E-state index contributed by atoms with van der Waals surface area (Å²) in [5.74, 6) is 0. The molecule has 0 saturated heterocycles. The molecule has 0 radical (unpaired) electrons. The molecular weight excluding hydrogens is 709 g/mol. The molecule has 0 aliphatic heterocycles. The lowest BCUT2D eigenvalue weighted by molar-refractivity contribution is 0.668. The van der Waals surface area contributed by atoms with E-state index in [0.717, 1.165) is 50.0 Å². The summed E-state index contributed by atoms with van der Waals surface area (Å²) < 4.78 is 9.28.